The summed E-state index contributed by atoms with van der Waals surface area (Å²) in [6.45, 7) is 1.52. The predicted octanol–water partition coefficient (Wildman–Crippen LogP) is -0.144. The standard InChI is InChI=1S/C7H9N3O/c8-5-1-2-6(11)10-4-3-9-7(5)10/h1-2,9H,3-4,8H2. The van der Waals surface area contributed by atoms with E-state index in [9.17, 15) is 4.79 Å². The number of nitrogens with one attached hydrogen (secondary N) is 1. The average Bonchev–Trinajstić information content (AvgIpc) is 2.45. The molecule has 0 saturated carbocycles. The first kappa shape index (κ1) is 6.27. The maximum atomic E-state index is 11.1. The number of nitrogens with zero attached hydrogens (tertiary/aromatic N) is 1. The summed E-state index contributed by atoms with van der Waals surface area (Å²) in [5, 5.41) is 3.05. The summed E-state index contributed by atoms with van der Waals surface area (Å²) in [4.78, 5) is 11.1. The van der Waals surface area contributed by atoms with Crippen molar-refractivity contribution < 1.29 is 0 Å². The third-order valence-electron chi connectivity index (χ3n) is 1.84. The van der Waals surface area contributed by atoms with Crippen molar-refractivity contribution in [2.24, 2.45) is 0 Å². The molecular formula is C7H9N3O. The van der Waals surface area contributed by atoms with Crippen molar-refractivity contribution in [3.8, 4) is 0 Å². The van der Waals surface area contributed by atoms with Gasteiger partial charge in [0.2, 0.25) is 0 Å². The smallest absolute Gasteiger partial charge is 0.252 e. The summed E-state index contributed by atoms with van der Waals surface area (Å²) < 4.78 is 1.65. The molecule has 0 saturated heterocycles. The van der Waals surface area contributed by atoms with Gasteiger partial charge in [-0.2, -0.15) is 0 Å². The van der Waals surface area contributed by atoms with E-state index < -0.39 is 0 Å². The summed E-state index contributed by atoms with van der Waals surface area (Å²) in [6.07, 6.45) is 0. The largest absolute Gasteiger partial charge is 0.396 e. The molecule has 2 heterocycles. The number of pyridine rings is 1. The second-order valence-electron chi connectivity index (χ2n) is 2.55. The third-order valence-corrected chi connectivity index (χ3v) is 1.84. The summed E-state index contributed by atoms with van der Waals surface area (Å²) in [7, 11) is 0. The van der Waals surface area contributed by atoms with E-state index in [0.717, 1.165) is 18.9 Å². The molecule has 0 fully saturated rings. The van der Waals surface area contributed by atoms with Crippen molar-refractivity contribution >= 4 is 11.5 Å². The van der Waals surface area contributed by atoms with E-state index in [2.05, 4.69) is 5.32 Å². The van der Waals surface area contributed by atoms with Gasteiger partial charge in [-0.15, -0.1) is 0 Å². The first-order valence-electron chi connectivity index (χ1n) is 3.52. The molecule has 0 bridgehead atoms. The van der Waals surface area contributed by atoms with Crippen molar-refractivity contribution in [1.82, 2.24) is 4.57 Å². The Morgan fingerprint density at radius 2 is 2.36 bits per heavy atom. The van der Waals surface area contributed by atoms with Crippen molar-refractivity contribution in [2.45, 2.75) is 6.54 Å². The normalized spacial score (nSPS) is 14.2. The number of nitrogens with two attached hydrogens (primary N) is 1. The average molecular weight is 151 g/mol. The highest BCUT2D eigenvalue weighted by atomic mass is 16.1. The molecule has 0 spiro atoms. The lowest BCUT2D eigenvalue weighted by molar-refractivity contribution is 0.774. The van der Waals surface area contributed by atoms with Crippen LogP contribution in [0.4, 0.5) is 11.5 Å². The van der Waals surface area contributed by atoms with Gasteiger partial charge in [-0.1, -0.05) is 0 Å². The predicted molar refractivity (Wildman–Crippen MR) is 43.6 cm³/mol. The van der Waals surface area contributed by atoms with Gasteiger partial charge >= 0.3 is 0 Å². The Labute approximate surface area is 63.6 Å². The van der Waals surface area contributed by atoms with Gasteiger partial charge in [-0.05, 0) is 6.07 Å². The van der Waals surface area contributed by atoms with Gasteiger partial charge in [-0.25, -0.2) is 0 Å². The molecule has 4 nitrogen and oxygen atoms in total. The molecule has 1 aliphatic heterocycles. The number of fused-ring (bicyclic) bond motifs is 1. The van der Waals surface area contributed by atoms with E-state index in [1.165, 1.54) is 6.07 Å². The highest BCUT2D eigenvalue weighted by Gasteiger charge is 2.12. The molecule has 1 aromatic rings. The third kappa shape index (κ3) is 0.790. The van der Waals surface area contributed by atoms with Gasteiger partial charge in [-0.3, -0.25) is 9.36 Å². The van der Waals surface area contributed by atoms with E-state index in [1.807, 2.05) is 0 Å². The highest BCUT2D eigenvalue weighted by molar-refractivity contribution is 5.62. The molecule has 0 radical (unpaired) electrons. The van der Waals surface area contributed by atoms with Crippen LogP contribution in [0, 0.1) is 0 Å². The minimum Gasteiger partial charge on any atom is -0.396 e. The van der Waals surface area contributed by atoms with Crippen LogP contribution in [0.15, 0.2) is 16.9 Å². The Morgan fingerprint density at radius 1 is 1.55 bits per heavy atom. The van der Waals surface area contributed by atoms with E-state index >= 15 is 0 Å². The molecule has 4 heteroatoms. The van der Waals surface area contributed by atoms with Crippen molar-refractivity contribution in [3.05, 3.63) is 22.5 Å². The lowest BCUT2D eigenvalue weighted by atomic mass is 10.4. The zero-order valence-electron chi connectivity index (χ0n) is 6.00. The van der Waals surface area contributed by atoms with Crippen molar-refractivity contribution in [3.63, 3.8) is 0 Å². The van der Waals surface area contributed by atoms with Crippen molar-refractivity contribution in [2.75, 3.05) is 17.6 Å². The molecule has 3 N–H and O–H groups in total. The zero-order chi connectivity index (χ0) is 7.84. The maximum Gasteiger partial charge on any atom is 0.252 e. The van der Waals surface area contributed by atoms with Gasteiger partial charge in [0, 0.05) is 19.2 Å². The zero-order valence-corrected chi connectivity index (χ0v) is 6.00. The fraction of sp³-hybridized carbons (Fsp3) is 0.286. The van der Waals surface area contributed by atoms with Crippen LogP contribution in [-0.4, -0.2) is 11.1 Å². The highest BCUT2D eigenvalue weighted by Crippen LogP contribution is 2.18. The number of anilines is 2. The van der Waals surface area contributed by atoms with Crippen LogP contribution in [0.2, 0.25) is 0 Å². The molecule has 1 aliphatic rings. The molecule has 0 aromatic carbocycles. The van der Waals surface area contributed by atoms with Gasteiger partial charge in [0.15, 0.2) is 0 Å². The van der Waals surface area contributed by atoms with Crippen molar-refractivity contribution in [1.29, 1.82) is 0 Å². The van der Waals surface area contributed by atoms with E-state index in [0.29, 0.717) is 5.69 Å². The minimum absolute atomic E-state index is 0.0131. The number of aromatic nitrogens is 1. The van der Waals surface area contributed by atoms with Crippen LogP contribution < -0.4 is 16.6 Å². The number of rotatable bonds is 0. The second-order valence-corrected chi connectivity index (χ2v) is 2.55. The van der Waals surface area contributed by atoms with E-state index in [4.69, 9.17) is 5.73 Å². The molecule has 1 aromatic heterocycles. The molecule has 0 aliphatic carbocycles. The fourth-order valence-electron chi connectivity index (χ4n) is 1.30. The molecule has 0 atom stereocenters. The lowest BCUT2D eigenvalue weighted by Crippen LogP contribution is -2.16. The number of hydrogen-bond donors (Lipinski definition) is 2. The van der Waals surface area contributed by atoms with Crippen LogP contribution in [0.3, 0.4) is 0 Å². The Hall–Kier alpha value is -1.45. The Balaban J connectivity index is 2.74. The minimum atomic E-state index is 0.0131. The van der Waals surface area contributed by atoms with Gasteiger partial charge in [0.05, 0.1) is 5.69 Å². The molecule has 0 amide bonds. The van der Waals surface area contributed by atoms with Gasteiger partial charge in [0.25, 0.3) is 5.56 Å². The SMILES string of the molecule is Nc1ccc(=O)n2c1NCC2. The van der Waals surface area contributed by atoms with Crippen LogP contribution in [-0.2, 0) is 6.54 Å². The summed E-state index contributed by atoms with van der Waals surface area (Å²) >= 11 is 0. The van der Waals surface area contributed by atoms with E-state index in [1.54, 1.807) is 10.6 Å². The summed E-state index contributed by atoms with van der Waals surface area (Å²) in [5.74, 6) is 0.762. The maximum absolute atomic E-state index is 11.1. The molecule has 0 unspecified atom stereocenters. The Kier molecular flexibility index (Phi) is 1.15. The molecular weight excluding hydrogens is 142 g/mol. The van der Waals surface area contributed by atoms with Gasteiger partial charge in [0.1, 0.15) is 5.82 Å². The second kappa shape index (κ2) is 2.02. The van der Waals surface area contributed by atoms with E-state index in [-0.39, 0.29) is 5.56 Å². The Bertz CT molecular complexity index is 342. The quantitative estimate of drug-likeness (QED) is 0.542. The summed E-state index contributed by atoms with van der Waals surface area (Å²) in [6, 6.07) is 3.12. The van der Waals surface area contributed by atoms with Crippen LogP contribution in [0.1, 0.15) is 0 Å². The topological polar surface area (TPSA) is 60.1 Å². The first-order valence-corrected chi connectivity index (χ1v) is 3.52. The van der Waals surface area contributed by atoms with Gasteiger partial charge < -0.3 is 11.1 Å². The number of hydrogen-bond acceptors (Lipinski definition) is 3. The van der Waals surface area contributed by atoms with Crippen LogP contribution >= 0.6 is 0 Å². The Morgan fingerprint density at radius 3 is 3.09 bits per heavy atom. The van der Waals surface area contributed by atoms with Crippen LogP contribution in [0.25, 0.3) is 0 Å². The molecule has 2 rings (SSSR count). The first-order chi connectivity index (χ1) is 5.29. The number of nitrogen functional groups attached to an aromatic ring is 1. The lowest BCUT2D eigenvalue weighted by Gasteiger charge is -2.03. The molecule has 11 heavy (non-hydrogen) atoms. The van der Waals surface area contributed by atoms with Crippen LogP contribution in [0.5, 0.6) is 0 Å². The monoisotopic (exact) mass is 151 g/mol. The summed E-state index contributed by atoms with van der Waals surface area (Å²) in [5.41, 5.74) is 6.27. The fourth-order valence-corrected chi connectivity index (χ4v) is 1.30. The molecule has 58 valence electrons.